The van der Waals surface area contributed by atoms with E-state index in [1.54, 1.807) is 18.0 Å². The number of carbonyl (C=O) groups excluding carboxylic acids is 1. The van der Waals surface area contributed by atoms with Crippen molar-refractivity contribution < 1.29 is 9.53 Å². The summed E-state index contributed by atoms with van der Waals surface area (Å²) in [7, 11) is 1.72. The van der Waals surface area contributed by atoms with E-state index in [0.717, 1.165) is 0 Å². The zero-order valence-electron chi connectivity index (χ0n) is 9.40. The monoisotopic (exact) mass is 284 g/mol. The Bertz CT molecular complexity index is 434. The zero-order valence-corrected chi connectivity index (χ0v) is 11.0. The second-order valence-corrected chi connectivity index (χ2v) is 4.95. The van der Waals surface area contributed by atoms with Crippen molar-refractivity contribution in [2.75, 3.05) is 11.9 Å². The lowest BCUT2D eigenvalue weighted by Crippen LogP contribution is -2.46. The van der Waals surface area contributed by atoms with E-state index in [1.165, 1.54) is 0 Å². The van der Waals surface area contributed by atoms with Crippen LogP contribution in [0.15, 0.2) is 16.7 Å². The van der Waals surface area contributed by atoms with E-state index in [4.69, 9.17) is 4.74 Å². The first kappa shape index (κ1) is 11.4. The maximum Gasteiger partial charge on any atom is 0.269 e. The number of pyridine rings is 1. The Morgan fingerprint density at radius 2 is 2.19 bits per heavy atom. The summed E-state index contributed by atoms with van der Waals surface area (Å²) in [5, 5.41) is 0. The van der Waals surface area contributed by atoms with E-state index in [9.17, 15) is 4.79 Å². The lowest BCUT2D eigenvalue weighted by atomic mass is 10.0. The first-order valence-electron chi connectivity index (χ1n) is 5.11. The Hall–Kier alpha value is -1.10. The summed E-state index contributed by atoms with van der Waals surface area (Å²) in [5.74, 6) is 1.32. The molecule has 1 aromatic heterocycles. The Morgan fingerprint density at radius 1 is 1.50 bits per heavy atom. The molecule has 0 spiro atoms. The van der Waals surface area contributed by atoms with Gasteiger partial charge in [0.25, 0.3) is 5.91 Å². The number of hydrogen-bond donors (Lipinski definition) is 0. The quantitative estimate of drug-likeness (QED) is 0.743. The van der Waals surface area contributed by atoms with Gasteiger partial charge in [-0.2, -0.15) is 0 Å². The number of aromatic nitrogens is 1. The number of carbonyl (C=O) groups is 1. The van der Waals surface area contributed by atoms with Gasteiger partial charge in [-0.1, -0.05) is 13.8 Å². The van der Waals surface area contributed by atoms with Gasteiger partial charge in [0, 0.05) is 7.05 Å². The van der Waals surface area contributed by atoms with Gasteiger partial charge in [0.05, 0.1) is 0 Å². The van der Waals surface area contributed by atoms with E-state index in [-0.39, 0.29) is 11.8 Å². The number of amides is 1. The van der Waals surface area contributed by atoms with Crippen molar-refractivity contribution in [3.05, 3.63) is 16.7 Å². The zero-order chi connectivity index (χ0) is 11.9. The second kappa shape index (κ2) is 4.05. The molecule has 0 N–H and O–H groups in total. The predicted octanol–water partition coefficient (Wildman–Crippen LogP) is 2.22. The fraction of sp³-hybridized carbons (Fsp3) is 0.455. The molecule has 16 heavy (non-hydrogen) atoms. The van der Waals surface area contributed by atoms with Gasteiger partial charge in [-0.15, -0.1) is 0 Å². The fourth-order valence-electron chi connectivity index (χ4n) is 1.65. The summed E-state index contributed by atoms with van der Waals surface area (Å²) in [6.45, 7) is 3.93. The number of fused-ring (bicyclic) bond motifs is 1. The second-order valence-electron chi connectivity index (χ2n) is 4.14. The minimum atomic E-state index is -0.416. The molecule has 1 aliphatic rings. The first-order valence-corrected chi connectivity index (χ1v) is 5.90. The Kier molecular flexibility index (Phi) is 2.88. The molecule has 5 heteroatoms. The molecule has 1 atom stereocenters. The average molecular weight is 285 g/mol. The molecule has 2 rings (SSSR count). The van der Waals surface area contributed by atoms with Gasteiger partial charge in [0.1, 0.15) is 4.60 Å². The van der Waals surface area contributed by atoms with E-state index >= 15 is 0 Å². The van der Waals surface area contributed by atoms with Crippen LogP contribution in [0.3, 0.4) is 0 Å². The van der Waals surface area contributed by atoms with Crippen LogP contribution in [0.5, 0.6) is 5.75 Å². The minimum Gasteiger partial charge on any atom is -0.476 e. The molecule has 1 aliphatic heterocycles. The highest BCUT2D eigenvalue weighted by molar-refractivity contribution is 9.10. The maximum absolute atomic E-state index is 12.0. The molecule has 0 aliphatic carbocycles. The smallest absolute Gasteiger partial charge is 0.269 e. The number of ether oxygens (including phenoxy) is 1. The topological polar surface area (TPSA) is 42.4 Å². The molecule has 1 aromatic rings. The van der Waals surface area contributed by atoms with E-state index in [0.29, 0.717) is 16.2 Å². The van der Waals surface area contributed by atoms with Gasteiger partial charge in [0.15, 0.2) is 17.7 Å². The third-order valence-corrected chi connectivity index (χ3v) is 3.00. The summed E-state index contributed by atoms with van der Waals surface area (Å²) >= 11 is 3.28. The SMILES string of the molecule is CC(C)C1Oc2ccc(Br)nc2N(C)C1=O. The lowest BCUT2D eigenvalue weighted by molar-refractivity contribution is -0.127. The van der Waals surface area contributed by atoms with Crippen LogP contribution in [0, 0.1) is 5.92 Å². The van der Waals surface area contributed by atoms with Crippen LogP contribution < -0.4 is 9.64 Å². The molecule has 0 aromatic carbocycles. The summed E-state index contributed by atoms with van der Waals surface area (Å²) in [6.07, 6.45) is -0.416. The number of hydrogen-bond acceptors (Lipinski definition) is 3. The number of nitrogens with zero attached hydrogens (tertiary/aromatic N) is 2. The molecule has 1 amide bonds. The lowest BCUT2D eigenvalue weighted by Gasteiger charge is -2.32. The molecule has 86 valence electrons. The van der Waals surface area contributed by atoms with E-state index in [2.05, 4.69) is 20.9 Å². The van der Waals surface area contributed by atoms with Gasteiger partial charge in [-0.05, 0) is 34.0 Å². The fourth-order valence-corrected chi connectivity index (χ4v) is 1.95. The summed E-state index contributed by atoms with van der Waals surface area (Å²) in [5.41, 5.74) is 0. The van der Waals surface area contributed by atoms with Gasteiger partial charge in [-0.3, -0.25) is 9.69 Å². The van der Waals surface area contributed by atoms with Crippen LogP contribution >= 0.6 is 15.9 Å². The third kappa shape index (κ3) is 1.80. The molecule has 0 fully saturated rings. The van der Waals surface area contributed by atoms with Gasteiger partial charge >= 0.3 is 0 Å². The summed E-state index contributed by atoms with van der Waals surface area (Å²) in [4.78, 5) is 17.8. The molecule has 0 saturated heterocycles. The highest BCUT2D eigenvalue weighted by Gasteiger charge is 2.35. The van der Waals surface area contributed by atoms with Crippen LogP contribution in [-0.2, 0) is 4.79 Å². The van der Waals surface area contributed by atoms with Crippen molar-refractivity contribution in [2.24, 2.45) is 5.92 Å². The largest absolute Gasteiger partial charge is 0.476 e. The molecule has 0 saturated carbocycles. The number of halogens is 1. The standard InChI is InChI=1S/C11H13BrN2O2/c1-6(2)9-11(15)14(3)10-7(16-9)4-5-8(12)13-10/h4-6,9H,1-3H3. The first-order chi connectivity index (χ1) is 7.50. The maximum atomic E-state index is 12.0. The van der Waals surface area contributed by atoms with E-state index < -0.39 is 6.10 Å². The Labute approximate surface area is 103 Å². The highest BCUT2D eigenvalue weighted by atomic mass is 79.9. The normalized spacial score (nSPS) is 19.7. The van der Waals surface area contributed by atoms with Crippen LogP contribution in [0.1, 0.15) is 13.8 Å². The van der Waals surface area contributed by atoms with Crippen molar-refractivity contribution >= 4 is 27.7 Å². The Balaban J connectivity index is 2.44. The van der Waals surface area contributed by atoms with Gasteiger partial charge in [0.2, 0.25) is 0 Å². The minimum absolute atomic E-state index is 0.0481. The van der Waals surface area contributed by atoms with Gasteiger partial charge in [-0.25, -0.2) is 4.98 Å². The Morgan fingerprint density at radius 3 is 2.81 bits per heavy atom. The van der Waals surface area contributed by atoms with Crippen LogP contribution in [0.2, 0.25) is 0 Å². The van der Waals surface area contributed by atoms with E-state index in [1.807, 2.05) is 19.9 Å². The number of anilines is 1. The predicted molar refractivity (Wildman–Crippen MR) is 64.6 cm³/mol. The molecular formula is C11H13BrN2O2. The van der Waals surface area contributed by atoms with Crippen molar-refractivity contribution in [1.29, 1.82) is 0 Å². The third-order valence-electron chi connectivity index (χ3n) is 2.56. The van der Waals surface area contributed by atoms with Crippen LogP contribution in [0.25, 0.3) is 0 Å². The molecule has 0 bridgehead atoms. The molecular weight excluding hydrogens is 272 g/mol. The van der Waals surface area contributed by atoms with Crippen molar-refractivity contribution in [3.8, 4) is 5.75 Å². The molecule has 4 nitrogen and oxygen atoms in total. The van der Waals surface area contributed by atoms with Crippen LogP contribution in [0.4, 0.5) is 5.82 Å². The molecule has 2 heterocycles. The highest BCUT2D eigenvalue weighted by Crippen LogP contribution is 2.34. The van der Waals surface area contributed by atoms with Crippen LogP contribution in [-0.4, -0.2) is 24.0 Å². The number of rotatable bonds is 1. The summed E-state index contributed by atoms with van der Waals surface area (Å²) in [6, 6.07) is 3.63. The number of likely N-dealkylation sites (N-methyl/N-ethyl adjacent to an activating group) is 1. The molecule has 0 radical (unpaired) electrons. The van der Waals surface area contributed by atoms with Crippen molar-refractivity contribution in [3.63, 3.8) is 0 Å². The van der Waals surface area contributed by atoms with Crippen molar-refractivity contribution in [2.45, 2.75) is 20.0 Å². The summed E-state index contributed by atoms with van der Waals surface area (Å²) < 4.78 is 6.35. The van der Waals surface area contributed by atoms with Crippen molar-refractivity contribution in [1.82, 2.24) is 4.98 Å². The van der Waals surface area contributed by atoms with Gasteiger partial charge < -0.3 is 4.74 Å². The average Bonchev–Trinajstić information content (AvgIpc) is 2.23. The molecule has 1 unspecified atom stereocenters.